The van der Waals surface area contributed by atoms with Crippen LogP contribution >= 0.6 is 0 Å². The molecule has 0 fully saturated rings. The van der Waals surface area contributed by atoms with Gasteiger partial charge in [-0.1, -0.05) is 6.07 Å². The Hall–Kier alpha value is -2.36. The molecule has 2 aromatic rings. The van der Waals surface area contributed by atoms with Gasteiger partial charge in [-0.3, -0.25) is 0 Å². The van der Waals surface area contributed by atoms with Crippen molar-refractivity contribution in [2.24, 2.45) is 0 Å². The summed E-state index contributed by atoms with van der Waals surface area (Å²) in [4.78, 5) is 0. The Kier molecular flexibility index (Phi) is 1.98. The molecule has 0 unspecified atom stereocenters. The first kappa shape index (κ1) is 10.6. The van der Waals surface area contributed by atoms with Gasteiger partial charge >= 0.3 is 0 Å². The van der Waals surface area contributed by atoms with Crippen LogP contribution in [0.1, 0.15) is 23.1 Å². The first-order valence-corrected chi connectivity index (χ1v) is 6.17. The van der Waals surface area contributed by atoms with Crippen LogP contribution in [0.2, 0.25) is 0 Å². The molecule has 2 heterocycles. The highest BCUT2D eigenvalue weighted by atomic mass is 16.5. The highest BCUT2D eigenvalue weighted by Gasteiger charge is 2.40. The molecule has 0 saturated carbocycles. The van der Waals surface area contributed by atoms with E-state index in [0.29, 0.717) is 18.1 Å². The fraction of sp³-hybridized carbons (Fsp3) is 0.200. The summed E-state index contributed by atoms with van der Waals surface area (Å²) in [6, 6.07) is 10.2. The Balaban J connectivity index is 1.81. The van der Waals surface area contributed by atoms with E-state index in [0.717, 1.165) is 11.1 Å². The fourth-order valence-electron chi connectivity index (χ4n) is 2.83. The zero-order valence-electron chi connectivity index (χ0n) is 10.0. The third-order valence-corrected chi connectivity index (χ3v) is 3.74. The van der Waals surface area contributed by atoms with Gasteiger partial charge in [-0.25, -0.2) is 0 Å². The van der Waals surface area contributed by atoms with Crippen LogP contribution in [0, 0.1) is 0 Å². The van der Waals surface area contributed by atoms with E-state index in [2.05, 4.69) is 0 Å². The van der Waals surface area contributed by atoms with Crippen LogP contribution in [0.3, 0.4) is 0 Å². The predicted molar refractivity (Wildman–Crippen MR) is 67.8 cm³/mol. The highest BCUT2D eigenvalue weighted by molar-refractivity contribution is 5.52. The number of ether oxygens (including phenoxy) is 2. The van der Waals surface area contributed by atoms with Gasteiger partial charge in [0.2, 0.25) is 0 Å². The minimum absolute atomic E-state index is 0.110. The van der Waals surface area contributed by atoms with Crippen LogP contribution in [-0.2, 0) is 0 Å². The van der Waals surface area contributed by atoms with Gasteiger partial charge in [0.15, 0.2) is 0 Å². The minimum Gasteiger partial charge on any atom is -0.508 e. The minimum atomic E-state index is -0.110. The monoisotopic (exact) mass is 256 g/mol. The Morgan fingerprint density at radius 2 is 1.58 bits per heavy atom. The lowest BCUT2D eigenvalue weighted by molar-refractivity contribution is 0.139. The SMILES string of the molecule is Oc1ccc2c(c1)O[C@@H]1c3ccc(O)cc3OC[C@H]21. The average Bonchev–Trinajstić information content (AvgIpc) is 2.75. The van der Waals surface area contributed by atoms with E-state index in [-0.39, 0.29) is 23.5 Å². The molecule has 0 amide bonds. The van der Waals surface area contributed by atoms with Crippen LogP contribution in [0.25, 0.3) is 0 Å². The number of phenols is 2. The Morgan fingerprint density at radius 3 is 2.37 bits per heavy atom. The van der Waals surface area contributed by atoms with E-state index < -0.39 is 0 Å². The molecule has 19 heavy (non-hydrogen) atoms. The van der Waals surface area contributed by atoms with Crippen molar-refractivity contribution in [1.82, 2.24) is 0 Å². The van der Waals surface area contributed by atoms with Crippen LogP contribution in [0.5, 0.6) is 23.0 Å². The van der Waals surface area contributed by atoms with Crippen LogP contribution in [0.15, 0.2) is 36.4 Å². The molecule has 4 rings (SSSR count). The molecule has 2 atom stereocenters. The molecular weight excluding hydrogens is 244 g/mol. The standard InChI is InChI=1S/C15H12O4/c16-8-2-4-11-13(5-8)18-7-12-10-3-1-9(17)6-14(10)19-15(11)12/h1-6,12,15-17H,7H2/t12-,15-/m1/s1. The van der Waals surface area contributed by atoms with Gasteiger partial charge in [-0.15, -0.1) is 0 Å². The molecule has 0 aromatic heterocycles. The lowest BCUT2D eigenvalue weighted by atomic mass is 9.89. The summed E-state index contributed by atoms with van der Waals surface area (Å²) in [6.45, 7) is 0.513. The van der Waals surface area contributed by atoms with Gasteiger partial charge in [-0.05, 0) is 18.2 Å². The Labute approximate surface area is 109 Å². The second kappa shape index (κ2) is 3.57. The maximum Gasteiger partial charge on any atom is 0.138 e. The van der Waals surface area contributed by atoms with E-state index in [1.165, 1.54) is 0 Å². The van der Waals surface area contributed by atoms with E-state index in [4.69, 9.17) is 9.47 Å². The Morgan fingerprint density at radius 1 is 0.895 bits per heavy atom. The lowest BCUT2D eigenvalue weighted by Crippen LogP contribution is -2.22. The third kappa shape index (κ3) is 1.46. The maximum absolute atomic E-state index is 9.52. The third-order valence-electron chi connectivity index (χ3n) is 3.74. The van der Waals surface area contributed by atoms with Crippen molar-refractivity contribution in [3.8, 4) is 23.0 Å². The summed E-state index contributed by atoms with van der Waals surface area (Å²) in [5.74, 6) is 1.89. The molecule has 2 aliphatic heterocycles. The zero-order chi connectivity index (χ0) is 13.0. The number of benzene rings is 2. The molecule has 2 aromatic carbocycles. The van der Waals surface area contributed by atoms with Gasteiger partial charge in [0.25, 0.3) is 0 Å². The zero-order valence-corrected chi connectivity index (χ0v) is 10.0. The van der Waals surface area contributed by atoms with E-state index in [1.54, 1.807) is 24.3 Å². The lowest BCUT2D eigenvalue weighted by Gasteiger charge is -2.27. The molecule has 0 saturated heterocycles. The van der Waals surface area contributed by atoms with Crippen LogP contribution < -0.4 is 9.47 Å². The van der Waals surface area contributed by atoms with E-state index in [9.17, 15) is 10.2 Å². The number of hydrogen-bond acceptors (Lipinski definition) is 4. The number of rotatable bonds is 0. The topological polar surface area (TPSA) is 58.9 Å². The van der Waals surface area contributed by atoms with Crippen molar-refractivity contribution in [3.63, 3.8) is 0 Å². The molecule has 0 spiro atoms. The van der Waals surface area contributed by atoms with Crippen molar-refractivity contribution in [2.45, 2.75) is 12.0 Å². The first-order valence-electron chi connectivity index (χ1n) is 6.17. The molecule has 2 aliphatic rings. The van der Waals surface area contributed by atoms with Gasteiger partial charge in [0.1, 0.15) is 29.1 Å². The van der Waals surface area contributed by atoms with Crippen molar-refractivity contribution in [3.05, 3.63) is 47.5 Å². The number of hydrogen-bond donors (Lipinski definition) is 2. The summed E-state index contributed by atoms with van der Waals surface area (Å²) in [7, 11) is 0. The number of phenolic OH excluding ortho intramolecular Hbond substituents is 2. The number of aromatic hydroxyl groups is 2. The quantitative estimate of drug-likeness (QED) is 0.761. The molecule has 4 heteroatoms. The van der Waals surface area contributed by atoms with Crippen molar-refractivity contribution in [2.75, 3.05) is 6.61 Å². The van der Waals surface area contributed by atoms with Gasteiger partial charge in [-0.2, -0.15) is 0 Å². The van der Waals surface area contributed by atoms with Crippen molar-refractivity contribution >= 4 is 0 Å². The summed E-state index contributed by atoms with van der Waals surface area (Å²) >= 11 is 0. The predicted octanol–water partition coefficient (Wildman–Crippen LogP) is 2.71. The molecule has 2 N–H and O–H groups in total. The maximum atomic E-state index is 9.52. The largest absolute Gasteiger partial charge is 0.508 e. The van der Waals surface area contributed by atoms with E-state index >= 15 is 0 Å². The van der Waals surface area contributed by atoms with Crippen molar-refractivity contribution < 1.29 is 19.7 Å². The number of fused-ring (bicyclic) bond motifs is 5. The molecular formula is C15H12O4. The van der Waals surface area contributed by atoms with Crippen LogP contribution in [0.4, 0.5) is 0 Å². The summed E-state index contributed by atoms with van der Waals surface area (Å²) in [5.41, 5.74) is 1.99. The molecule has 0 aliphatic carbocycles. The highest BCUT2D eigenvalue weighted by Crippen LogP contribution is 2.51. The summed E-state index contributed by atoms with van der Waals surface area (Å²) in [6.07, 6.45) is -0.110. The fourth-order valence-corrected chi connectivity index (χ4v) is 2.83. The van der Waals surface area contributed by atoms with Gasteiger partial charge in [0.05, 0.1) is 12.5 Å². The molecule has 96 valence electrons. The van der Waals surface area contributed by atoms with Gasteiger partial charge < -0.3 is 19.7 Å². The average molecular weight is 256 g/mol. The second-order valence-corrected chi connectivity index (χ2v) is 4.90. The second-order valence-electron chi connectivity index (χ2n) is 4.90. The summed E-state index contributed by atoms with van der Waals surface area (Å²) in [5, 5.41) is 19.0. The molecule has 0 bridgehead atoms. The smallest absolute Gasteiger partial charge is 0.138 e. The normalized spacial score (nSPS) is 22.7. The van der Waals surface area contributed by atoms with Crippen LogP contribution in [-0.4, -0.2) is 16.8 Å². The van der Waals surface area contributed by atoms with Crippen molar-refractivity contribution in [1.29, 1.82) is 0 Å². The molecule has 4 nitrogen and oxygen atoms in total. The van der Waals surface area contributed by atoms with Gasteiger partial charge in [0, 0.05) is 23.3 Å². The van der Waals surface area contributed by atoms with E-state index in [1.807, 2.05) is 12.1 Å². The molecule has 0 radical (unpaired) electrons. The first-order chi connectivity index (χ1) is 9.22. The Bertz CT molecular complexity index is 665. The summed E-state index contributed by atoms with van der Waals surface area (Å²) < 4.78 is 11.6.